The third-order valence-electron chi connectivity index (χ3n) is 3.72. The monoisotopic (exact) mass is 270 g/mol. The van der Waals surface area contributed by atoms with Crippen LogP contribution in [0.5, 0.6) is 5.75 Å². The maximum absolute atomic E-state index is 12.0. The van der Waals surface area contributed by atoms with E-state index in [1.165, 1.54) is 5.56 Å². The first-order valence-electron chi connectivity index (χ1n) is 7.05. The molecule has 0 spiro atoms. The molecule has 0 atom stereocenters. The average Bonchev–Trinajstić information content (AvgIpc) is 2.49. The largest absolute Gasteiger partial charge is 0.493 e. The summed E-state index contributed by atoms with van der Waals surface area (Å²) in [4.78, 5) is 19.4. The van der Waals surface area contributed by atoms with E-state index in [1.54, 1.807) is 0 Å². The molecular weight excluding hydrogens is 252 g/mol. The van der Waals surface area contributed by atoms with Gasteiger partial charge in [-0.1, -0.05) is 19.1 Å². The molecule has 2 heterocycles. The highest BCUT2D eigenvalue weighted by atomic mass is 16.5. The number of ether oxygens (including phenoxy) is 1. The highest BCUT2D eigenvalue weighted by Crippen LogP contribution is 2.35. The zero-order valence-electron chi connectivity index (χ0n) is 11.8. The minimum atomic E-state index is -0.0692. The number of rotatable bonds is 2. The van der Waals surface area contributed by atoms with Gasteiger partial charge in [-0.15, -0.1) is 0 Å². The second-order valence-electron chi connectivity index (χ2n) is 5.09. The summed E-state index contributed by atoms with van der Waals surface area (Å²) in [7, 11) is 0. The fourth-order valence-electron chi connectivity index (χ4n) is 2.58. The molecule has 20 heavy (non-hydrogen) atoms. The molecule has 2 aromatic rings. The van der Waals surface area contributed by atoms with E-state index in [-0.39, 0.29) is 5.56 Å². The number of para-hydroxylation sites is 1. The maximum atomic E-state index is 12.0. The first kappa shape index (κ1) is 12.9. The second-order valence-corrected chi connectivity index (χ2v) is 5.09. The van der Waals surface area contributed by atoms with Crippen LogP contribution in [-0.4, -0.2) is 16.6 Å². The van der Waals surface area contributed by atoms with Gasteiger partial charge in [0, 0.05) is 17.5 Å². The summed E-state index contributed by atoms with van der Waals surface area (Å²) >= 11 is 0. The molecule has 0 saturated heterocycles. The van der Waals surface area contributed by atoms with E-state index in [0.717, 1.165) is 36.5 Å². The molecule has 0 unspecified atom stereocenters. The Kier molecular flexibility index (Phi) is 3.30. The average molecular weight is 270 g/mol. The summed E-state index contributed by atoms with van der Waals surface area (Å²) < 4.78 is 5.83. The number of aromatic nitrogens is 2. The molecule has 0 saturated carbocycles. The van der Waals surface area contributed by atoms with Crippen molar-refractivity contribution in [2.75, 3.05) is 6.61 Å². The number of fused-ring (bicyclic) bond motifs is 1. The first-order valence-corrected chi connectivity index (χ1v) is 7.05. The second kappa shape index (κ2) is 5.12. The van der Waals surface area contributed by atoms with Crippen LogP contribution >= 0.6 is 0 Å². The lowest BCUT2D eigenvalue weighted by molar-refractivity contribution is 0.289. The third-order valence-corrected chi connectivity index (χ3v) is 3.72. The number of hydrogen-bond acceptors (Lipinski definition) is 3. The van der Waals surface area contributed by atoms with Crippen LogP contribution in [-0.2, 0) is 12.8 Å². The molecule has 0 radical (unpaired) electrons. The summed E-state index contributed by atoms with van der Waals surface area (Å²) in [5, 5.41) is 0. The van der Waals surface area contributed by atoms with Gasteiger partial charge in [-0.3, -0.25) is 4.79 Å². The quantitative estimate of drug-likeness (QED) is 0.912. The van der Waals surface area contributed by atoms with Gasteiger partial charge < -0.3 is 9.72 Å². The molecule has 3 rings (SSSR count). The summed E-state index contributed by atoms with van der Waals surface area (Å²) in [5.74, 6) is 1.60. The van der Waals surface area contributed by atoms with Gasteiger partial charge in [0.25, 0.3) is 5.56 Å². The number of H-pyrrole nitrogens is 1. The maximum Gasteiger partial charge on any atom is 0.254 e. The number of nitrogens with one attached hydrogen (secondary N) is 1. The molecular formula is C16H18N2O2. The van der Waals surface area contributed by atoms with Crippen molar-refractivity contribution in [3.63, 3.8) is 0 Å². The Balaban J connectivity index is 2.23. The molecule has 0 fully saturated rings. The van der Waals surface area contributed by atoms with Crippen LogP contribution in [0.25, 0.3) is 11.3 Å². The normalized spacial score (nSPS) is 13.7. The van der Waals surface area contributed by atoms with Crippen molar-refractivity contribution in [2.45, 2.75) is 33.1 Å². The number of aryl methyl sites for hydroxylation is 2. The van der Waals surface area contributed by atoms with Gasteiger partial charge >= 0.3 is 0 Å². The Bertz CT molecular complexity index is 704. The molecule has 4 nitrogen and oxygen atoms in total. The van der Waals surface area contributed by atoms with Crippen LogP contribution in [0.3, 0.4) is 0 Å². The highest BCUT2D eigenvalue weighted by Gasteiger charge is 2.19. The zero-order chi connectivity index (χ0) is 14.1. The fourth-order valence-corrected chi connectivity index (χ4v) is 2.58. The smallest absolute Gasteiger partial charge is 0.254 e. The van der Waals surface area contributed by atoms with Crippen LogP contribution in [0.15, 0.2) is 23.0 Å². The van der Waals surface area contributed by atoms with E-state index < -0.39 is 0 Å². The Morgan fingerprint density at radius 2 is 2.25 bits per heavy atom. The zero-order valence-corrected chi connectivity index (χ0v) is 11.8. The molecule has 1 aromatic heterocycles. The summed E-state index contributed by atoms with van der Waals surface area (Å²) in [6.07, 6.45) is 2.77. The molecule has 1 aliphatic rings. The number of aromatic amines is 1. The van der Waals surface area contributed by atoms with E-state index in [0.29, 0.717) is 17.8 Å². The van der Waals surface area contributed by atoms with Crippen molar-refractivity contribution in [1.82, 2.24) is 9.97 Å². The lowest BCUT2D eigenvalue weighted by atomic mass is 9.99. The molecule has 0 aliphatic carbocycles. The van der Waals surface area contributed by atoms with Crippen molar-refractivity contribution in [3.8, 4) is 17.0 Å². The van der Waals surface area contributed by atoms with Crippen molar-refractivity contribution in [1.29, 1.82) is 0 Å². The predicted molar refractivity (Wildman–Crippen MR) is 78.2 cm³/mol. The van der Waals surface area contributed by atoms with E-state index >= 15 is 0 Å². The lowest BCUT2D eigenvalue weighted by Gasteiger charge is -2.20. The van der Waals surface area contributed by atoms with Gasteiger partial charge in [-0.05, 0) is 31.4 Å². The van der Waals surface area contributed by atoms with Crippen LogP contribution in [0.1, 0.15) is 30.3 Å². The first-order chi connectivity index (χ1) is 9.70. The van der Waals surface area contributed by atoms with Crippen LogP contribution in [0, 0.1) is 6.92 Å². The molecule has 1 N–H and O–H groups in total. The van der Waals surface area contributed by atoms with Crippen molar-refractivity contribution in [3.05, 3.63) is 45.5 Å². The van der Waals surface area contributed by atoms with Crippen molar-refractivity contribution < 1.29 is 4.74 Å². The summed E-state index contributed by atoms with van der Waals surface area (Å²) in [6.45, 7) is 4.52. The Labute approximate surface area is 117 Å². The minimum absolute atomic E-state index is 0.0692. The lowest BCUT2D eigenvalue weighted by Crippen LogP contribution is -2.17. The molecule has 0 bridgehead atoms. The molecule has 1 aromatic carbocycles. The topological polar surface area (TPSA) is 55.0 Å². The van der Waals surface area contributed by atoms with Crippen molar-refractivity contribution in [2.24, 2.45) is 0 Å². The van der Waals surface area contributed by atoms with E-state index in [9.17, 15) is 4.79 Å². The van der Waals surface area contributed by atoms with Crippen LogP contribution < -0.4 is 10.3 Å². The summed E-state index contributed by atoms with van der Waals surface area (Å²) in [6, 6.07) is 6.08. The standard InChI is InChI=1S/C16H18N2O2/c1-3-13-17-14(10(2)16(19)18-13)12-8-4-6-11-7-5-9-20-15(11)12/h4,6,8H,3,5,7,9H2,1-2H3,(H,17,18,19). The Morgan fingerprint density at radius 1 is 1.40 bits per heavy atom. The number of hydrogen-bond donors (Lipinski definition) is 1. The van der Waals surface area contributed by atoms with E-state index in [1.807, 2.05) is 26.0 Å². The summed E-state index contributed by atoms with van der Waals surface area (Å²) in [5.41, 5.74) is 3.45. The fraction of sp³-hybridized carbons (Fsp3) is 0.375. The van der Waals surface area contributed by atoms with Crippen LogP contribution in [0.4, 0.5) is 0 Å². The highest BCUT2D eigenvalue weighted by molar-refractivity contribution is 5.71. The number of benzene rings is 1. The Hall–Kier alpha value is -2.10. The van der Waals surface area contributed by atoms with Gasteiger partial charge in [-0.25, -0.2) is 4.98 Å². The van der Waals surface area contributed by atoms with Crippen LogP contribution in [0.2, 0.25) is 0 Å². The van der Waals surface area contributed by atoms with Gasteiger partial charge in [-0.2, -0.15) is 0 Å². The van der Waals surface area contributed by atoms with Gasteiger partial charge in [0.2, 0.25) is 0 Å². The third kappa shape index (κ3) is 2.11. The number of nitrogens with zero attached hydrogens (tertiary/aromatic N) is 1. The van der Waals surface area contributed by atoms with Crippen molar-refractivity contribution >= 4 is 0 Å². The van der Waals surface area contributed by atoms with Gasteiger partial charge in [0.1, 0.15) is 11.6 Å². The predicted octanol–water partition coefficient (Wildman–Crippen LogP) is 2.63. The SMILES string of the molecule is CCc1nc(-c2cccc3c2OCCC3)c(C)c(=O)[nH]1. The van der Waals surface area contributed by atoms with Gasteiger partial charge in [0.15, 0.2) is 0 Å². The van der Waals surface area contributed by atoms with Gasteiger partial charge in [0.05, 0.1) is 12.3 Å². The molecule has 104 valence electrons. The molecule has 0 amide bonds. The molecule has 1 aliphatic heterocycles. The van der Waals surface area contributed by atoms with E-state index in [4.69, 9.17) is 4.74 Å². The minimum Gasteiger partial charge on any atom is -0.493 e. The molecule has 4 heteroatoms. The van der Waals surface area contributed by atoms with E-state index in [2.05, 4.69) is 16.0 Å². The Morgan fingerprint density at radius 3 is 3.05 bits per heavy atom.